The summed E-state index contributed by atoms with van der Waals surface area (Å²) in [5, 5.41) is 0.890. The summed E-state index contributed by atoms with van der Waals surface area (Å²) in [5.41, 5.74) is 2.13. The number of nitrogens with one attached hydrogen (secondary N) is 1. The van der Waals surface area contributed by atoms with Gasteiger partial charge in [-0.25, -0.2) is 8.42 Å². The summed E-state index contributed by atoms with van der Waals surface area (Å²) in [4.78, 5) is 4.48. The van der Waals surface area contributed by atoms with Gasteiger partial charge in [0.15, 0.2) is 0 Å². The maximum atomic E-state index is 12.4. The molecule has 0 amide bonds. The standard InChI is InChI=1S/C15H13BN2O2S/c16-12-6-8-13(9-7-12)21(19,20)18-14-5-1-3-11-4-2-10-17-15(11)14/h1-10,18H,16H2. The van der Waals surface area contributed by atoms with E-state index in [9.17, 15) is 8.42 Å². The molecule has 0 unspecified atom stereocenters. The van der Waals surface area contributed by atoms with Gasteiger partial charge >= 0.3 is 0 Å². The van der Waals surface area contributed by atoms with Gasteiger partial charge in [-0.15, -0.1) is 0 Å². The van der Waals surface area contributed by atoms with Crippen LogP contribution in [0.2, 0.25) is 0 Å². The fraction of sp³-hybridized carbons (Fsp3) is 0. The topological polar surface area (TPSA) is 59.1 Å². The first-order valence-electron chi connectivity index (χ1n) is 6.49. The summed E-state index contributed by atoms with van der Waals surface area (Å²) in [6.45, 7) is 0. The molecule has 6 heteroatoms. The molecule has 0 radical (unpaired) electrons. The monoisotopic (exact) mass is 296 g/mol. The zero-order chi connectivity index (χ0) is 14.9. The molecule has 104 valence electrons. The summed E-state index contributed by atoms with van der Waals surface area (Å²) >= 11 is 0. The van der Waals surface area contributed by atoms with Crippen LogP contribution in [-0.4, -0.2) is 21.2 Å². The molecule has 1 heterocycles. The van der Waals surface area contributed by atoms with E-state index in [2.05, 4.69) is 9.71 Å². The van der Waals surface area contributed by atoms with Crippen molar-refractivity contribution < 1.29 is 8.42 Å². The molecule has 2 aromatic carbocycles. The fourth-order valence-electron chi connectivity index (χ4n) is 2.11. The molecule has 4 nitrogen and oxygen atoms in total. The first kappa shape index (κ1) is 13.6. The Bertz CT molecular complexity index is 888. The van der Waals surface area contributed by atoms with Gasteiger partial charge in [0.05, 0.1) is 16.1 Å². The second kappa shape index (κ2) is 5.22. The van der Waals surface area contributed by atoms with E-state index < -0.39 is 10.0 Å². The van der Waals surface area contributed by atoms with Gasteiger partial charge in [0.2, 0.25) is 0 Å². The van der Waals surface area contributed by atoms with Crippen molar-refractivity contribution in [3.8, 4) is 0 Å². The lowest BCUT2D eigenvalue weighted by molar-refractivity contribution is 0.601. The highest BCUT2D eigenvalue weighted by molar-refractivity contribution is 7.92. The van der Waals surface area contributed by atoms with Crippen molar-refractivity contribution in [2.45, 2.75) is 4.90 Å². The smallest absolute Gasteiger partial charge is 0.261 e. The predicted octanol–water partition coefficient (Wildman–Crippen LogP) is 1.29. The SMILES string of the molecule is Bc1ccc(S(=O)(=O)Nc2cccc3cccnc23)cc1. The Morgan fingerprint density at radius 3 is 2.43 bits per heavy atom. The normalized spacial score (nSPS) is 11.4. The Morgan fingerprint density at radius 1 is 0.952 bits per heavy atom. The molecule has 3 rings (SSSR count). The minimum atomic E-state index is -3.61. The van der Waals surface area contributed by atoms with Crippen LogP contribution in [0.1, 0.15) is 0 Å². The Kier molecular flexibility index (Phi) is 3.39. The van der Waals surface area contributed by atoms with Crippen molar-refractivity contribution in [1.82, 2.24) is 4.98 Å². The quantitative estimate of drug-likeness (QED) is 0.741. The van der Waals surface area contributed by atoms with Crippen LogP contribution in [0.3, 0.4) is 0 Å². The second-order valence-corrected chi connectivity index (χ2v) is 6.48. The van der Waals surface area contributed by atoms with Crippen LogP contribution in [0.4, 0.5) is 5.69 Å². The van der Waals surface area contributed by atoms with Gasteiger partial charge in [0, 0.05) is 11.6 Å². The zero-order valence-corrected chi connectivity index (χ0v) is 12.3. The molecule has 0 aliphatic carbocycles. The molecule has 0 aliphatic rings. The molecule has 0 spiro atoms. The van der Waals surface area contributed by atoms with Gasteiger partial charge < -0.3 is 0 Å². The number of anilines is 1. The molecular weight excluding hydrogens is 283 g/mol. The molecular formula is C15H13BN2O2S. The third-order valence-corrected chi connectivity index (χ3v) is 4.59. The third kappa shape index (κ3) is 2.76. The zero-order valence-electron chi connectivity index (χ0n) is 11.4. The molecule has 0 aliphatic heterocycles. The van der Waals surface area contributed by atoms with Crippen molar-refractivity contribution in [2.75, 3.05) is 4.72 Å². The third-order valence-electron chi connectivity index (χ3n) is 3.21. The van der Waals surface area contributed by atoms with E-state index in [1.807, 2.05) is 26.0 Å². The van der Waals surface area contributed by atoms with E-state index in [1.54, 1.807) is 42.6 Å². The highest BCUT2D eigenvalue weighted by atomic mass is 32.2. The molecule has 1 N–H and O–H groups in total. The van der Waals surface area contributed by atoms with E-state index in [0.717, 1.165) is 10.8 Å². The van der Waals surface area contributed by atoms with Crippen LogP contribution in [-0.2, 0) is 10.0 Å². The van der Waals surface area contributed by atoms with Crippen LogP contribution >= 0.6 is 0 Å². The van der Waals surface area contributed by atoms with Crippen LogP contribution in [0.5, 0.6) is 0 Å². The molecule has 0 atom stereocenters. The highest BCUT2D eigenvalue weighted by Crippen LogP contribution is 2.23. The number of fused-ring (bicyclic) bond motifs is 1. The largest absolute Gasteiger partial charge is 0.277 e. The molecule has 0 bridgehead atoms. The van der Waals surface area contributed by atoms with E-state index in [4.69, 9.17) is 0 Å². The predicted molar refractivity (Wildman–Crippen MR) is 87.2 cm³/mol. The van der Waals surface area contributed by atoms with Crippen LogP contribution < -0.4 is 10.2 Å². The lowest BCUT2D eigenvalue weighted by Crippen LogP contribution is -2.14. The molecule has 3 aromatic rings. The first-order chi connectivity index (χ1) is 10.1. The lowest BCUT2D eigenvalue weighted by Gasteiger charge is -2.10. The molecule has 21 heavy (non-hydrogen) atoms. The number of rotatable bonds is 3. The lowest BCUT2D eigenvalue weighted by atomic mass is 9.97. The number of sulfonamides is 1. The van der Waals surface area contributed by atoms with Gasteiger partial charge in [-0.3, -0.25) is 9.71 Å². The first-order valence-corrected chi connectivity index (χ1v) is 7.98. The fourth-order valence-corrected chi connectivity index (χ4v) is 3.17. The second-order valence-electron chi connectivity index (χ2n) is 4.80. The van der Waals surface area contributed by atoms with Crippen molar-refractivity contribution in [3.05, 3.63) is 60.8 Å². The summed E-state index contributed by atoms with van der Waals surface area (Å²) < 4.78 is 27.4. The Hall–Kier alpha value is -2.34. The van der Waals surface area contributed by atoms with Crippen LogP contribution in [0, 0.1) is 0 Å². The van der Waals surface area contributed by atoms with E-state index in [1.165, 1.54) is 0 Å². The summed E-state index contributed by atoms with van der Waals surface area (Å²) in [6.07, 6.45) is 1.64. The maximum Gasteiger partial charge on any atom is 0.261 e. The van der Waals surface area contributed by atoms with E-state index >= 15 is 0 Å². The number of para-hydroxylation sites is 1. The van der Waals surface area contributed by atoms with Gasteiger partial charge in [-0.05, 0) is 24.3 Å². The van der Waals surface area contributed by atoms with E-state index in [0.29, 0.717) is 11.2 Å². The van der Waals surface area contributed by atoms with Crippen LogP contribution in [0.25, 0.3) is 10.9 Å². The summed E-state index contributed by atoms with van der Waals surface area (Å²) in [7, 11) is -1.70. The molecule has 0 fully saturated rings. The number of nitrogens with zero attached hydrogens (tertiary/aromatic N) is 1. The molecule has 0 saturated carbocycles. The number of benzene rings is 2. The van der Waals surface area contributed by atoms with Gasteiger partial charge in [-0.1, -0.05) is 35.8 Å². The van der Waals surface area contributed by atoms with Crippen molar-refractivity contribution >= 4 is 39.9 Å². The Labute approximate surface area is 124 Å². The number of hydrogen-bond donors (Lipinski definition) is 1. The van der Waals surface area contributed by atoms with Gasteiger partial charge in [0.25, 0.3) is 10.0 Å². The summed E-state index contributed by atoms with van der Waals surface area (Å²) in [6, 6.07) is 15.9. The van der Waals surface area contributed by atoms with Crippen molar-refractivity contribution in [2.24, 2.45) is 0 Å². The van der Waals surface area contributed by atoms with E-state index in [-0.39, 0.29) is 4.90 Å². The number of hydrogen-bond acceptors (Lipinski definition) is 3. The average molecular weight is 296 g/mol. The maximum absolute atomic E-state index is 12.4. The minimum Gasteiger partial charge on any atom is -0.277 e. The Balaban J connectivity index is 2.03. The number of pyridine rings is 1. The minimum absolute atomic E-state index is 0.237. The van der Waals surface area contributed by atoms with Gasteiger partial charge in [-0.2, -0.15) is 0 Å². The Morgan fingerprint density at radius 2 is 1.67 bits per heavy atom. The summed E-state index contributed by atoms with van der Waals surface area (Å²) in [5.74, 6) is 0. The highest BCUT2D eigenvalue weighted by Gasteiger charge is 2.15. The molecule has 0 saturated heterocycles. The van der Waals surface area contributed by atoms with Crippen LogP contribution in [0.15, 0.2) is 65.7 Å². The number of aromatic nitrogens is 1. The van der Waals surface area contributed by atoms with Crippen molar-refractivity contribution in [1.29, 1.82) is 0 Å². The molecule has 1 aromatic heterocycles. The van der Waals surface area contributed by atoms with Crippen molar-refractivity contribution in [3.63, 3.8) is 0 Å². The van der Waals surface area contributed by atoms with Gasteiger partial charge in [0.1, 0.15) is 7.85 Å². The average Bonchev–Trinajstić information content (AvgIpc) is 2.48.